The lowest BCUT2D eigenvalue weighted by molar-refractivity contribution is -0.121. The first-order valence-corrected chi connectivity index (χ1v) is 12.3. The van der Waals surface area contributed by atoms with Gasteiger partial charge in [-0.3, -0.25) is 9.59 Å². The molecule has 36 heavy (non-hydrogen) atoms. The van der Waals surface area contributed by atoms with Crippen LogP contribution >= 0.6 is 23.2 Å². The van der Waals surface area contributed by atoms with Gasteiger partial charge in [0, 0.05) is 40.3 Å². The van der Waals surface area contributed by atoms with Crippen LogP contribution in [-0.4, -0.2) is 29.8 Å². The summed E-state index contributed by atoms with van der Waals surface area (Å²) in [6.07, 6.45) is 1.05. The fraction of sp³-hybridized carbons (Fsp3) is 0.250. The average Bonchev–Trinajstić information content (AvgIpc) is 2.88. The van der Waals surface area contributed by atoms with Gasteiger partial charge in [-0.2, -0.15) is 5.26 Å². The molecule has 0 aliphatic carbocycles. The maximum absolute atomic E-state index is 13.1. The van der Waals surface area contributed by atoms with Crippen LogP contribution in [0.25, 0.3) is 0 Å². The number of halogens is 3. The quantitative estimate of drug-likeness (QED) is 0.410. The fourth-order valence-corrected chi connectivity index (χ4v) is 4.79. The highest BCUT2D eigenvalue weighted by Crippen LogP contribution is 2.34. The second kappa shape index (κ2) is 11.1. The summed E-state index contributed by atoms with van der Waals surface area (Å²) in [6, 6.07) is 18.3. The number of anilines is 1. The Bertz CT molecular complexity index is 1310. The molecule has 0 aromatic heterocycles. The smallest absolute Gasteiger partial charge is 0.253 e. The summed E-state index contributed by atoms with van der Waals surface area (Å²) in [4.78, 5) is 27.3. The van der Waals surface area contributed by atoms with Crippen LogP contribution < -0.4 is 5.32 Å². The van der Waals surface area contributed by atoms with Gasteiger partial charge in [0.1, 0.15) is 5.82 Å². The third-order valence-corrected chi connectivity index (χ3v) is 7.07. The Balaban J connectivity index is 1.41. The Kier molecular flexibility index (Phi) is 7.93. The van der Waals surface area contributed by atoms with Crippen LogP contribution in [0.1, 0.15) is 45.8 Å². The van der Waals surface area contributed by atoms with E-state index in [2.05, 4.69) is 11.4 Å². The van der Waals surface area contributed by atoms with E-state index in [9.17, 15) is 19.2 Å². The van der Waals surface area contributed by atoms with Crippen LogP contribution in [0.2, 0.25) is 10.0 Å². The Morgan fingerprint density at radius 3 is 2.31 bits per heavy atom. The normalized spacial score (nSPS) is 14.7. The average molecular weight is 524 g/mol. The second-order valence-electron chi connectivity index (χ2n) is 8.86. The zero-order chi connectivity index (χ0) is 25.8. The van der Waals surface area contributed by atoms with Gasteiger partial charge in [-0.05, 0) is 78.9 Å². The Morgan fingerprint density at radius 2 is 1.69 bits per heavy atom. The Morgan fingerprint density at radius 1 is 1.06 bits per heavy atom. The maximum atomic E-state index is 13.1. The van der Waals surface area contributed by atoms with E-state index in [1.165, 1.54) is 24.3 Å². The number of nitrogens with one attached hydrogen (secondary N) is 1. The van der Waals surface area contributed by atoms with E-state index in [0.717, 1.165) is 11.1 Å². The van der Waals surface area contributed by atoms with Crippen LogP contribution in [0.4, 0.5) is 10.1 Å². The molecular weight excluding hydrogens is 500 g/mol. The van der Waals surface area contributed by atoms with E-state index >= 15 is 0 Å². The first-order chi connectivity index (χ1) is 17.3. The van der Waals surface area contributed by atoms with Crippen molar-refractivity contribution in [1.29, 1.82) is 5.26 Å². The molecule has 3 aromatic rings. The molecule has 2 amide bonds. The lowest BCUT2D eigenvalue weighted by Gasteiger charge is -2.31. The summed E-state index contributed by atoms with van der Waals surface area (Å²) in [7, 11) is 0. The van der Waals surface area contributed by atoms with E-state index < -0.39 is 11.7 Å². The molecule has 1 saturated heterocycles. The number of benzene rings is 3. The number of aryl methyl sites for hydroxylation is 1. The number of likely N-dealkylation sites (tertiary alicyclic amines) is 1. The van der Waals surface area contributed by atoms with Crippen molar-refractivity contribution >= 4 is 40.7 Å². The van der Waals surface area contributed by atoms with Gasteiger partial charge in [0.25, 0.3) is 5.91 Å². The minimum Gasteiger partial charge on any atom is -0.339 e. The molecule has 0 saturated carbocycles. The molecule has 3 aromatic carbocycles. The van der Waals surface area contributed by atoms with Crippen LogP contribution in [0.15, 0.2) is 60.7 Å². The number of hydrogen-bond donors (Lipinski definition) is 1. The minimum absolute atomic E-state index is 0.134. The van der Waals surface area contributed by atoms with E-state index in [1.807, 2.05) is 13.0 Å². The number of nitriles is 1. The van der Waals surface area contributed by atoms with E-state index in [4.69, 9.17) is 23.2 Å². The van der Waals surface area contributed by atoms with Gasteiger partial charge >= 0.3 is 0 Å². The lowest BCUT2D eigenvalue weighted by Crippen LogP contribution is -2.41. The highest BCUT2D eigenvalue weighted by atomic mass is 35.5. The van der Waals surface area contributed by atoms with Crippen molar-refractivity contribution in [2.24, 2.45) is 5.92 Å². The summed E-state index contributed by atoms with van der Waals surface area (Å²) >= 11 is 12.5. The lowest BCUT2D eigenvalue weighted by atomic mass is 9.91. The van der Waals surface area contributed by atoms with Gasteiger partial charge in [0.15, 0.2) is 0 Å². The fourth-order valence-electron chi connectivity index (χ4n) is 4.39. The molecule has 1 aliphatic heterocycles. The highest BCUT2D eigenvalue weighted by molar-refractivity contribution is 6.32. The predicted octanol–water partition coefficient (Wildman–Crippen LogP) is 6.59. The molecule has 1 atom stereocenters. The van der Waals surface area contributed by atoms with Gasteiger partial charge in [0.05, 0.1) is 12.0 Å². The molecule has 4 rings (SSSR count). The van der Waals surface area contributed by atoms with Crippen molar-refractivity contribution in [3.8, 4) is 6.07 Å². The van der Waals surface area contributed by atoms with Crippen molar-refractivity contribution in [3.63, 3.8) is 0 Å². The molecule has 1 N–H and O–H groups in total. The standard InChI is InChI=1S/C28H24Cl2FN3O2/c1-17-14-23(24(16-32)18-2-6-21(29)7-3-18)25(30)15-26(17)33-27(35)19-10-12-34(13-11-19)28(36)20-4-8-22(31)9-5-20/h2-9,14-15,19,24H,10-13H2,1H3,(H,33,35). The highest BCUT2D eigenvalue weighted by Gasteiger charge is 2.28. The molecule has 1 unspecified atom stereocenters. The summed E-state index contributed by atoms with van der Waals surface area (Å²) in [5.41, 5.74) is 3.25. The number of nitrogens with zero attached hydrogens (tertiary/aromatic N) is 2. The molecule has 184 valence electrons. The van der Waals surface area contributed by atoms with Crippen LogP contribution in [0, 0.1) is 30.0 Å². The zero-order valence-electron chi connectivity index (χ0n) is 19.6. The largest absolute Gasteiger partial charge is 0.339 e. The first kappa shape index (κ1) is 25.7. The topological polar surface area (TPSA) is 73.2 Å². The molecule has 1 aliphatic rings. The van der Waals surface area contributed by atoms with Gasteiger partial charge in [-0.25, -0.2) is 4.39 Å². The summed E-state index contributed by atoms with van der Waals surface area (Å²) in [6.45, 7) is 2.74. The van der Waals surface area contributed by atoms with Gasteiger partial charge < -0.3 is 10.2 Å². The number of carbonyl (C=O) groups excluding carboxylic acids is 2. The number of rotatable bonds is 5. The SMILES string of the molecule is Cc1cc(C(C#N)c2ccc(Cl)cc2)c(Cl)cc1NC(=O)C1CCN(C(=O)c2ccc(F)cc2)CC1. The van der Waals surface area contributed by atoms with Crippen molar-refractivity contribution in [2.45, 2.75) is 25.7 Å². The predicted molar refractivity (Wildman–Crippen MR) is 139 cm³/mol. The van der Waals surface area contributed by atoms with Crippen molar-refractivity contribution in [1.82, 2.24) is 4.90 Å². The van der Waals surface area contributed by atoms with E-state index in [-0.39, 0.29) is 17.7 Å². The second-order valence-corrected chi connectivity index (χ2v) is 9.71. The zero-order valence-corrected chi connectivity index (χ0v) is 21.1. The Hall–Kier alpha value is -3.40. The summed E-state index contributed by atoms with van der Waals surface area (Å²) < 4.78 is 13.1. The molecule has 0 radical (unpaired) electrons. The monoisotopic (exact) mass is 523 g/mol. The third kappa shape index (κ3) is 5.70. The van der Waals surface area contributed by atoms with Crippen molar-refractivity contribution in [2.75, 3.05) is 18.4 Å². The van der Waals surface area contributed by atoms with E-state index in [1.54, 1.807) is 35.2 Å². The number of carbonyl (C=O) groups is 2. The van der Waals surface area contributed by atoms with Gasteiger partial charge in [-0.15, -0.1) is 0 Å². The maximum Gasteiger partial charge on any atom is 0.253 e. The number of piperidine rings is 1. The number of hydrogen-bond acceptors (Lipinski definition) is 3. The van der Waals surface area contributed by atoms with Crippen molar-refractivity contribution in [3.05, 3.63) is 98.8 Å². The number of amides is 2. The van der Waals surface area contributed by atoms with Crippen molar-refractivity contribution < 1.29 is 14.0 Å². The Labute approximate surface area is 219 Å². The first-order valence-electron chi connectivity index (χ1n) is 11.6. The minimum atomic E-state index is -0.568. The summed E-state index contributed by atoms with van der Waals surface area (Å²) in [5, 5.41) is 13.7. The van der Waals surface area contributed by atoms with Crippen LogP contribution in [-0.2, 0) is 4.79 Å². The third-order valence-electron chi connectivity index (χ3n) is 6.49. The van der Waals surface area contributed by atoms with Gasteiger partial charge in [0.2, 0.25) is 5.91 Å². The van der Waals surface area contributed by atoms with Crippen LogP contribution in [0.5, 0.6) is 0 Å². The molecular formula is C28H24Cl2FN3O2. The molecule has 0 spiro atoms. The van der Waals surface area contributed by atoms with Crippen LogP contribution in [0.3, 0.4) is 0 Å². The van der Waals surface area contributed by atoms with E-state index in [0.29, 0.717) is 52.8 Å². The summed E-state index contributed by atoms with van der Waals surface area (Å²) in [5.74, 6) is -1.51. The molecule has 1 heterocycles. The molecule has 8 heteroatoms. The molecule has 1 fully saturated rings. The van der Waals surface area contributed by atoms with Gasteiger partial charge in [-0.1, -0.05) is 41.4 Å². The molecule has 0 bridgehead atoms. The molecule has 5 nitrogen and oxygen atoms in total.